The van der Waals surface area contributed by atoms with Gasteiger partial charge in [0, 0.05) is 10.5 Å². The molecule has 0 radical (unpaired) electrons. The third-order valence-corrected chi connectivity index (χ3v) is 6.49. The van der Waals surface area contributed by atoms with Crippen molar-refractivity contribution in [2.24, 2.45) is 0 Å². The van der Waals surface area contributed by atoms with Crippen molar-refractivity contribution >= 4 is 17.7 Å². The molecule has 0 saturated carbocycles. The maximum absolute atomic E-state index is 12.7. The first-order valence-corrected chi connectivity index (χ1v) is 11.0. The molecular formula is C23H31N2O2S+. The number of carbonyl (C=O) groups is 1. The molecule has 1 aliphatic rings. The number of thioether (sulfide) groups is 1. The number of hydrogen-bond acceptors (Lipinski definition) is 3. The monoisotopic (exact) mass is 399 g/mol. The van der Waals surface area contributed by atoms with Crippen LogP contribution in [-0.2, 0) is 9.53 Å². The van der Waals surface area contributed by atoms with Gasteiger partial charge in [0.1, 0.15) is 19.1 Å². The van der Waals surface area contributed by atoms with Gasteiger partial charge >= 0.3 is 0 Å². The van der Waals surface area contributed by atoms with E-state index in [1.54, 1.807) is 11.8 Å². The van der Waals surface area contributed by atoms with E-state index in [2.05, 4.69) is 68.6 Å². The second-order valence-electron chi connectivity index (χ2n) is 7.57. The first-order chi connectivity index (χ1) is 13.5. The number of carbonyl (C=O) groups excluding carboxylic acids is 1. The summed E-state index contributed by atoms with van der Waals surface area (Å²) in [6, 6.07) is 17.2. The first-order valence-electron chi connectivity index (χ1n) is 10.0. The SMILES string of the molecule is Cc1ccc(SCC(=O)N[C@H](C)[C@@H](c2ccccc2)[NH+]2CCOCC2)c(C)c1. The quantitative estimate of drug-likeness (QED) is 0.703. The Morgan fingerprint density at radius 3 is 2.54 bits per heavy atom. The first kappa shape index (κ1) is 20.9. The van der Waals surface area contributed by atoms with Crippen molar-refractivity contribution in [2.75, 3.05) is 32.1 Å². The van der Waals surface area contributed by atoms with E-state index in [4.69, 9.17) is 4.74 Å². The van der Waals surface area contributed by atoms with Crippen molar-refractivity contribution < 1.29 is 14.4 Å². The highest BCUT2D eigenvalue weighted by molar-refractivity contribution is 8.00. The largest absolute Gasteiger partial charge is 0.370 e. The topological polar surface area (TPSA) is 42.8 Å². The second-order valence-corrected chi connectivity index (χ2v) is 8.59. The van der Waals surface area contributed by atoms with Gasteiger partial charge in [0.2, 0.25) is 5.91 Å². The van der Waals surface area contributed by atoms with Crippen LogP contribution in [0.25, 0.3) is 0 Å². The average Bonchev–Trinajstić information content (AvgIpc) is 2.69. The summed E-state index contributed by atoms with van der Waals surface area (Å²) in [6.07, 6.45) is 0. The number of nitrogens with one attached hydrogen (secondary N) is 2. The van der Waals surface area contributed by atoms with E-state index in [1.165, 1.54) is 26.5 Å². The molecule has 2 atom stereocenters. The average molecular weight is 400 g/mol. The summed E-state index contributed by atoms with van der Waals surface area (Å²) in [6.45, 7) is 9.81. The predicted octanol–water partition coefficient (Wildman–Crippen LogP) is 2.56. The fraction of sp³-hybridized carbons (Fsp3) is 0.435. The lowest BCUT2D eigenvalue weighted by atomic mass is 9.98. The molecule has 1 amide bonds. The van der Waals surface area contributed by atoms with Crippen LogP contribution in [0.2, 0.25) is 0 Å². The molecule has 2 aromatic rings. The maximum atomic E-state index is 12.7. The van der Waals surface area contributed by atoms with Crippen LogP contribution in [0.3, 0.4) is 0 Å². The highest BCUT2D eigenvalue weighted by Gasteiger charge is 2.32. The van der Waals surface area contributed by atoms with Crippen LogP contribution in [0.1, 0.15) is 29.7 Å². The summed E-state index contributed by atoms with van der Waals surface area (Å²) in [5.74, 6) is 0.528. The van der Waals surface area contributed by atoms with Crippen LogP contribution in [-0.4, -0.2) is 44.0 Å². The fourth-order valence-electron chi connectivity index (χ4n) is 3.97. The van der Waals surface area contributed by atoms with Crippen LogP contribution < -0.4 is 10.2 Å². The molecule has 150 valence electrons. The van der Waals surface area contributed by atoms with E-state index < -0.39 is 0 Å². The van der Waals surface area contributed by atoms with Gasteiger partial charge in [0.05, 0.1) is 25.0 Å². The lowest BCUT2D eigenvalue weighted by Gasteiger charge is -2.35. The molecule has 1 fully saturated rings. The summed E-state index contributed by atoms with van der Waals surface area (Å²) in [5.41, 5.74) is 3.75. The Labute approximate surface area is 172 Å². The summed E-state index contributed by atoms with van der Waals surface area (Å²) in [5, 5.41) is 3.26. The number of morpholine rings is 1. The number of amides is 1. The summed E-state index contributed by atoms with van der Waals surface area (Å²) < 4.78 is 5.54. The van der Waals surface area contributed by atoms with Gasteiger partial charge in [0.25, 0.3) is 0 Å². The van der Waals surface area contributed by atoms with Crippen LogP contribution >= 0.6 is 11.8 Å². The third kappa shape index (κ3) is 5.60. The number of hydrogen-bond donors (Lipinski definition) is 2. The Balaban J connectivity index is 1.63. The molecule has 2 aromatic carbocycles. The van der Waals surface area contributed by atoms with Gasteiger partial charge in [-0.3, -0.25) is 4.79 Å². The molecular weight excluding hydrogens is 368 g/mol. The Kier molecular flexibility index (Phi) is 7.54. The van der Waals surface area contributed by atoms with Gasteiger partial charge < -0.3 is 15.0 Å². The molecule has 0 aliphatic carbocycles. The van der Waals surface area contributed by atoms with Gasteiger partial charge in [-0.05, 0) is 32.4 Å². The van der Waals surface area contributed by atoms with Crippen LogP contribution in [0.15, 0.2) is 53.4 Å². The van der Waals surface area contributed by atoms with E-state index in [0.29, 0.717) is 5.75 Å². The van der Waals surface area contributed by atoms with Gasteiger partial charge in [-0.1, -0.05) is 48.0 Å². The number of rotatable bonds is 7. The lowest BCUT2D eigenvalue weighted by Crippen LogP contribution is -3.15. The van der Waals surface area contributed by atoms with Crippen molar-refractivity contribution in [1.82, 2.24) is 5.32 Å². The normalized spacial score (nSPS) is 17.1. The van der Waals surface area contributed by atoms with Crippen molar-refractivity contribution in [3.63, 3.8) is 0 Å². The molecule has 1 saturated heterocycles. The summed E-state index contributed by atoms with van der Waals surface area (Å²) >= 11 is 1.61. The molecule has 5 heteroatoms. The maximum Gasteiger partial charge on any atom is 0.230 e. The van der Waals surface area contributed by atoms with Crippen molar-refractivity contribution in [1.29, 1.82) is 0 Å². The summed E-state index contributed by atoms with van der Waals surface area (Å²) in [7, 11) is 0. The Morgan fingerprint density at radius 2 is 1.86 bits per heavy atom. The molecule has 2 N–H and O–H groups in total. The highest BCUT2D eigenvalue weighted by atomic mass is 32.2. The lowest BCUT2D eigenvalue weighted by molar-refractivity contribution is -0.940. The Bertz CT molecular complexity index is 775. The smallest absolute Gasteiger partial charge is 0.230 e. The number of aryl methyl sites for hydroxylation is 2. The standard InChI is InChI=1S/C23H30N2O2S/c1-17-9-10-21(18(2)15-17)28-16-22(26)24-19(3)23(20-7-5-4-6-8-20)25-11-13-27-14-12-25/h4-10,15,19,23H,11-14,16H2,1-3H3,(H,24,26)/p+1/t19-,23+/m1/s1. The molecule has 0 unspecified atom stereocenters. The van der Waals surface area contributed by atoms with E-state index in [1.807, 2.05) is 6.07 Å². The van der Waals surface area contributed by atoms with Gasteiger partial charge in [-0.2, -0.15) is 0 Å². The zero-order valence-electron chi connectivity index (χ0n) is 17.0. The van der Waals surface area contributed by atoms with Crippen LogP contribution in [0.5, 0.6) is 0 Å². The van der Waals surface area contributed by atoms with Crippen molar-refractivity contribution in [3.05, 3.63) is 65.2 Å². The minimum atomic E-state index is 0.0581. The van der Waals surface area contributed by atoms with E-state index in [9.17, 15) is 4.79 Å². The molecule has 28 heavy (non-hydrogen) atoms. The van der Waals surface area contributed by atoms with E-state index in [0.717, 1.165) is 26.3 Å². The van der Waals surface area contributed by atoms with E-state index >= 15 is 0 Å². The van der Waals surface area contributed by atoms with Crippen molar-refractivity contribution in [2.45, 2.75) is 37.8 Å². The zero-order chi connectivity index (χ0) is 19.9. The predicted molar refractivity (Wildman–Crippen MR) is 115 cm³/mol. The Morgan fingerprint density at radius 1 is 1.14 bits per heavy atom. The van der Waals surface area contributed by atoms with Gasteiger partial charge in [-0.15, -0.1) is 11.8 Å². The van der Waals surface area contributed by atoms with Gasteiger partial charge in [-0.25, -0.2) is 0 Å². The molecule has 3 rings (SSSR count). The van der Waals surface area contributed by atoms with Gasteiger partial charge in [0.15, 0.2) is 0 Å². The molecule has 0 spiro atoms. The number of quaternary nitrogens is 1. The van der Waals surface area contributed by atoms with Crippen LogP contribution in [0, 0.1) is 13.8 Å². The second kappa shape index (κ2) is 10.1. The molecule has 1 aliphatic heterocycles. The fourth-order valence-corrected chi connectivity index (χ4v) is 4.79. The van der Waals surface area contributed by atoms with Crippen LogP contribution in [0.4, 0.5) is 0 Å². The molecule has 1 heterocycles. The Hall–Kier alpha value is -1.82. The van der Waals surface area contributed by atoms with E-state index in [-0.39, 0.29) is 18.0 Å². The molecule has 0 bridgehead atoms. The molecule has 0 aromatic heterocycles. The number of benzene rings is 2. The zero-order valence-corrected chi connectivity index (χ0v) is 17.9. The highest BCUT2D eigenvalue weighted by Crippen LogP contribution is 2.23. The third-order valence-electron chi connectivity index (χ3n) is 5.31. The minimum Gasteiger partial charge on any atom is -0.370 e. The van der Waals surface area contributed by atoms with Crippen molar-refractivity contribution in [3.8, 4) is 0 Å². The number of ether oxygens (including phenoxy) is 1. The molecule has 4 nitrogen and oxygen atoms in total. The minimum absolute atomic E-state index is 0.0581. The summed E-state index contributed by atoms with van der Waals surface area (Å²) in [4.78, 5) is 15.3.